The first-order valence-corrected chi connectivity index (χ1v) is 9.62. The summed E-state index contributed by atoms with van der Waals surface area (Å²) in [4.78, 5) is 29.1. The average molecular weight is 395 g/mol. The van der Waals surface area contributed by atoms with Gasteiger partial charge >= 0.3 is 0 Å². The van der Waals surface area contributed by atoms with E-state index in [9.17, 15) is 9.59 Å². The molecule has 2 N–H and O–H groups in total. The Kier molecular flexibility index (Phi) is 8.07. The Bertz CT molecular complexity index is 633. The van der Waals surface area contributed by atoms with Crippen LogP contribution in [0.1, 0.15) is 24.0 Å². The molecule has 1 aromatic carbocycles. The average Bonchev–Trinajstić information content (AvgIpc) is 2.66. The van der Waals surface area contributed by atoms with Crippen molar-refractivity contribution in [3.63, 3.8) is 0 Å². The number of aryl methyl sites for hydroxylation is 2. The molecule has 2 heterocycles. The van der Waals surface area contributed by atoms with E-state index in [4.69, 9.17) is 0 Å². The number of carbonyl (C=O) groups excluding carboxylic acids is 2. The maximum Gasteiger partial charge on any atom is 0.238 e. The maximum atomic E-state index is 12.6. The molecule has 0 aromatic heterocycles. The molecule has 2 aliphatic rings. The van der Waals surface area contributed by atoms with E-state index in [1.54, 1.807) is 0 Å². The number of nitrogens with zero attached hydrogens (tertiary/aromatic N) is 2. The molecule has 2 amide bonds. The molecule has 0 radical (unpaired) electrons. The maximum absolute atomic E-state index is 12.6. The molecule has 2 aliphatic heterocycles. The summed E-state index contributed by atoms with van der Waals surface area (Å²) in [6, 6.07) is 6.01. The van der Waals surface area contributed by atoms with Crippen LogP contribution in [0, 0.1) is 19.8 Å². The Morgan fingerprint density at radius 1 is 1.07 bits per heavy atom. The van der Waals surface area contributed by atoms with Crippen molar-refractivity contribution in [1.82, 2.24) is 15.1 Å². The Labute approximate surface area is 168 Å². The third kappa shape index (κ3) is 5.67. The second kappa shape index (κ2) is 10.1. The second-order valence-corrected chi connectivity index (χ2v) is 7.44. The predicted molar refractivity (Wildman–Crippen MR) is 110 cm³/mol. The summed E-state index contributed by atoms with van der Waals surface area (Å²) >= 11 is 0. The smallest absolute Gasteiger partial charge is 0.238 e. The first kappa shape index (κ1) is 21.7. The van der Waals surface area contributed by atoms with E-state index in [0.717, 1.165) is 68.9 Å². The molecule has 0 bridgehead atoms. The highest BCUT2D eigenvalue weighted by Crippen LogP contribution is 2.20. The number of nitrogens with one attached hydrogen (secondary N) is 2. The minimum absolute atomic E-state index is 0. The lowest BCUT2D eigenvalue weighted by Crippen LogP contribution is -2.52. The first-order chi connectivity index (χ1) is 12.5. The van der Waals surface area contributed by atoms with Crippen LogP contribution < -0.4 is 10.6 Å². The zero-order valence-corrected chi connectivity index (χ0v) is 17.1. The van der Waals surface area contributed by atoms with Crippen molar-refractivity contribution >= 4 is 29.9 Å². The molecular formula is C20H31ClN4O2. The van der Waals surface area contributed by atoms with E-state index in [2.05, 4.69) is 15.5 Å². The van der Waals surface area contributed by atoms with Gasteiger partial charge in [0, 0.05) is 37.8 Å². The van der Waals surface area contributed by atoms with Crippen LogP contribution in [-0.4, -0.2) is 67.4 Å². The Balaban J connectivity index is 0.00000261. The van der Waals surface area contributed by atoms with Crippen molar-refractivity contribution in [3.05, 3.63) is 29.3 Å². The molecule has 0 unspecified atom stereocenters. The molecule has 2 saturated heterocycles. The van der Waals surface area contributed by atoms with Gasteiger partial charge in [0.2, 0.25) is 11.8 Å². The fourth-order valence-electron chi connectivity index (χ4n) is 3.85. The van der Waals surface area contributed by atoms with Crippen LogP contribution in [0.5, 0.6) is 0 Å². The van der Waals surface area contributed by atoms with E-state index in [0.29, 0.717) is 12.5 Å². The highest BCUT2D eigenvalue weighted by molar-refractivity contribution is 5.93. The molecule has 0 atom stereocenters. The summed E-state index contributed by atoms with van der Waals surface area (Å²) < 4.78 is 0. The number of halogens is 1. The van der Waals surface area contributed by atoms with E-state index in [-0.39, 0.29) is 24.2 Å². The van der Waals surface area contributed by atoms with E-state index in [1.807, 2.05) is 36.9 Å². The summed E-state index contributed by atoms with van der Waals surface area (Å²) in [6.45, 7) is 9.24. The molecule has 3 rings (SSSR count). The number of rotatable bonds is 4. The first-order valence-electron chi connectivity index (χ1n) is 9.62. The van der Waals surface area contributed by atoms with Gasteiger partial charge in [0.05, 0.1) is 6.54 Å². The fraction of sp³-hybridized carbons (Fsp3) is 0.600. The van der Waals surface area contributed by atoms with Crippen molar-refractivity contribution in [2.45, 2.75) is 26.7 Å². The fourth-order valence-corrected chi connectivity index (χ4v) is 3.85. The molecule has 6 nitrogen and oxygen atoms in total. The topological polar surface area (TPSA) is 64.7 Å². The molecule has 2 fully saturated rings. The number of hydrogen-bond acceptors (Lipinski definition) is 4. The van der Waals surface area contributed by atoms with Gasteiger partial charge in [0.1, 0.15) is 0 Å². The van der Waals surface area contributed by atoms with Crippen LogP contribution in [0.2, 0.25) is 0 Å². The van der Waals surface area contributed by atoms with Gasteiger partial charge in [0.25, 0.3) is 0 Å². The minimum Gasteiger partial charge on any atom is -0.340 e. The third-order valence-electron chi connectivity index (χ3n) is 5.49. The van der Waals surface area contributed by atoms with Crippen molar-refractivity contribution in [1.29, 1.82) is 0 Å². The largest absolute Gasteiger partial charge is 0.340 e. The van der Waals surface area contributed by atoms with Crippen molar-refractivity contribution in [3.8, 4) is 0 Å². The Morgan fingerprint density at radius 2 is 1.67 bits per heavy atom. The number of benzene rings is 1. The molecule has 150 valence electrons. The molecule has 7 heteroatoms. The van der Waals surface area contributed by atoms with Gasteiger partial charge in [-0.15, -0.1) is 12.4 Å². The number of amides is 2. The van der Waals surface area contributed by atoms with Crippen LogP contribution in [0.3, 0.4) is 0 Å². The lowest BCUT2D eigenvalue weighted by molar-refractivity contribution is -0.138. The van der Waals surface area contributed by atoms with Gasteiger partial charge in [-0.25, -0.2) is 0 Å². The van der Waals surface area contributed by atoms with E-state index in [1.165, 1.54) is 0 Å². The number of anilines is 1. The predicted octanol–water partition coefficient (Wildman–Crippen LogP) is 1.81. The lowest BCUT2D eigenvalue weighted by Gasteiger charge is -2.37. The van der Waals surface area contributed by atoms with E-state index < -0.39 is 0 Å². The quantitative estimate of drug-likeness (QED) is 0.817. The Morgan fingerprint density at radius 3 is 2.26 bits per heavy atom. The number of piperazine rings is 1. The van der Waals surface area contributed by atoms with Gasteiger partial charge in [-0.3, -0.25) is 14.5 Å². The summed E-state index contributed by atoms with van der Waals surface area (Å²) in [7, 11) is 0. The zero-order chi connectivity index (χ0) is 18.5. The van der Waals surface area contributed by atoms with Crippen LogP contribution in [0.4, 0.5) is 5.69 Å². The molecule has 27 heavy (non-hydrogen) atoms. The highest BCUT2D eigenvalue weighted by Gasteiger charge is 2.28. The number of para-hydroxylation sites is 1. The van der Waals surface area contributed by atoms with Gasteiger partial charge in [-0.05, 0) is 50.9 Å². The normalized spacial score (nSPS) is 18.7. The standard InChI is InChI=1S/C20H30N4O2.ClH/c1-15-4-3-5-16(2)19(15)22-18(25)14-23-10-12-24(13-11-23)20(26)17-6-8-21-9-7-17;/h3-5,17,21H,6-14H2,1-2H3,(H,22,25);1H. The van der Waals surface area contributed by atoms with Crippen LogP contribution in [0.25, 0.3) is 0 Å². The van der Waals surface area contributed by atoms with Gasteiger partial charge in [-0.1, -0.05) is 18.2 Å². The minimum atomic E-state index is 0. The summed E-state index contributed by atoms with van der Waals surface area (Å²) in [5.74, 6) is 0.488. The van der Waals surface area contributed by atoms with Gasteiger partial charge in [0.15, 0.2) is 0 Å². The summed E-state index contributed by atoms with van der Waals surface area (Å²) in [6.07, 6.45) is 1.88. The SMILES string of the molecule is Cc1cccc(C)c1NC(=O)CN1CCN(C(=O)C2CCNCC2)CC1.Cl. The number of carbonyl (C=O) groups is 2. The van der Waals surface area contributed by atoms with Gasteiger partial charge < -0.3 is 15.5 Å². The summed E-state index contributed by atoms with van der Waals surface area (Å²) in [5.41, 5.74) is 3.07. The molecular weight excluding hydrogens is 364 g/mol. The van der Waals surface area contributed by atoms with Crippen molar-refractivity contribution < 1.29 is 9.59 Å². The monoisotopic (exact) mass is 394 g/mol. The van der Waals surface area contributed by atoms with Gasteiger partial charge in [-0.2, -0.15) is 0 Å². The van der Waals surface area contributed by atoms with E-state index >= 15 is 0 Å². The van der Waals surface area contributed by atoms with Crippen LogP contribution in [0.15, 0.2) is 18.2 Å². The number of hydrogen-bond donors (Lipinski definition) is 2. The zero-order valence-electron chi connectivity index (χ0n) is 16.3. The van der Waals surface area contributed by atoms with Crippen LogP contribution >= 0.6 is 12.4 Å². The summed E-state index contributed by atoms with van der Waals surface area (Å²) in [5, 5.41) is 6.35. The van der Waals surface area contributed by atoms with Crippen molar-refractivity contribution in [2.24, 2.45) is 5.92 Å². The van der Waals surface area contributed by atoms with Crippen LogP contribution in [-0.2, 0) is 9.59 Å². The molecule has 0 aliphatic carbocycles. The lowest BCUT2D eigenvalue weighted by atomic mass is 9.96. The van der Waals surface area contributed by atoms with Crippen molar-refractivity contribution in [2.75, 3.05) is 51.1 Å². The molecule has 0 spiro atoms. The highest BCUT2D eigenvalue weighted by atomic mass is 35.5. The number of piperidine rings is 1. The Hall–Kier alpha value is -1.63. The molecule has 0 saturated carbocycles. The third-order valence-corrected chi connectivity index (χ3v) is 5.49. The second-order valence-electron chi connectivity index (χ2n) is 7.44. The molecule has 1 aromatic rings.